The molecule has 336 valence electrons. The fourth-order valence-corrected chi connectivity index (χ4v) is 11.5. The van der Waals surface area contributed by atoms with Crippen molar-refractivity contribution in [3.63, 3.8) is 0 Å². The second-order valence-corrected chi connectivity index (χ2v) is 18.4. The monoisotopic (exact) mass is 921 g/mol. The maximum atomic E-state index is 15.0. The molecular formula is C63H38F3N5. The number of hydrogen-bond donors (Lipinski definition) is 0. The van der Waals surface area contributed by atoms with Gasteiger partial charge in [0.05, 0.1) is 72.7 Å². The maximum Gasteiger partial charge on any atom is 0.416 e. The van der Waals surface area contributed by atoms with Crippen LogP contribution >= 0.6 is 0 Å². The van der Waals surface area contributed by atoms with E-state index in [1.165, 1.54) is 12.1 Å². The molecule has 5 nitrogen and oxygen atoms in total. The maximum absolute atomic E-state index is 15.0. The molecule has 0 radical (unpaired) electrons. The van der Waals surface area contributed by atoms with Crippen molar-refractivity contribution in [2.45, 2.75) is 13.1 Å². The molecule has 14 rings (SSSR count). The van der Waals surface area contributed by atoms with Gasteiger partial charge in [0.15, 0.2) is 0 Å². The molecule has 0 aliphatic rings. The molecule has 71 heavy (non-hydrogen) atoms. The van der Waals surface area contributed by atoms with Crippen molar-refractivity contribution in [3.05, 3.63) is 229 Å². The Labute approximate surface area is 404 Å². The zero-order valence-corrected chi connectivity index (χ0v) is 38.1. The molecule has 0 aliphatic carbocycles. The van der Waals surface area contributed by atoms with E-state index in [-0.39, 0.29) is 0 Å². The van der Waals surface area contributed by atoms with E-state index in [0.717, 1.165) is 98.6 Å². The first-order valence-corrected chi connectivity index (χ1v) is 23.6. The molecular weight excluding hydrogens is 884 g/mol. The van der Waals surface area contributed by atoms with Gasteiger partial charge in [-0.1, -0.05) is 115 Å². The molecule has 14 aromatic rings. The summed E-state index contributed by atoms with van der Waals surface area (Å²) in [6.07, 6.45) is -4.61. The smallest absolute Gasteiger partial charge is 0.309 e. The quantitative estimate of drug-likeness (QED) is 0.170. The third kappa shape index (κ3) is 6.00. The molecule has 4 heterocycles. The third-order valence-electron chi connectivity index (χ3n) is 14.4. The highest BCUT2D eigenvalue weighted by atomic mass is 19.4. The van der Waals surface area contributed by atoms with E-state index in [2.05, 4.69) is 170 Å². The summed E-state index contributed by atoms with van der Waals surface area (Å²) in [4.78, 5) is 0. The lowest BCUT2D eigenvalue weighted by atomic mass is 9.95. The van der Waals surface area contributed by atoms with Crippen LogP contribution in [0.4, 0.5) is 13.2 Å². The minimum absolute atomic E-state index is 0.364. The number of nitriles is 1. The third-order valence-corrected chi connectivity index (χ3v) is 14.4. The van der Waals surface area contributed by atoms with Crippen LogP contribution in [0.2, 0.25) is 0 Å². The highest BCUT2D eigenvalue weighted by Crippen LogP contribution is 2.46. The number of alkyl halides is 3. The van der Waals surface area contributed by atoms with E-state index < -0.39 is 11.7 Å². The van der Waals surface area contributed by atoms with Crippen LogP contribution in [-0.2, 0) is 6.18 Å². The Morgan fingerprint density at radius 1 is 0.366 bits per heavy atom. The van der Waals surface area contributed by atoms with Crippen LogP contribution < -0.4 is 0 Å². The Balaban J connectivity index is 1.08. The van der Waals surface area contributed by atoms with Crippen LogP contribution in [0, 0.1) is 18.3 Å². The van der Waals surface area contributed by atoms with Crippen molar-refractivity contribution in [1.29, 1.82) is 5.26 Å². The molecule has 8 heteroatoms. The number of para-hydroxylation sites is 6. The molecule has 4 aromatic heterocycles. The molecule has 0 unspecified atom stereocenters. The van der Waals surface area contributed by atoms with Gasteiger partial charge in [-0.25, -0.2) is 0 Å². The summed E-state index contributed by atoms with van der Waals surface area (Å²) >= 11 is 0. The minimum atomic E-state index is -4.61. The predicted molar refractivity (Wildman–Crippen MR) is 284 cm³/mol. The van der Waals surface area contributed by atoms with Gasteiger partial charge in [-0.2, -0.15) is 18.4 Å². The minimum Gasteiger partial charge on any atom is -0.309 e. The standard InChI is InChI=1S/C63H38F3N5/c1-38-30-40(34-41(31-38)63(64,65)66)62-60(70-56-24-12-6-18-48(56)50-35-42(26-28-58(50)70)68-52-20-8-2-14-44(52)45-15-3-9-21-53(45)68)32-39(37-67)33-61(62)71-57-25-13-7-19-49(57)51-36-43(27-29-59(51)71)69-54-22-10-4-16-46(54)47-17-5-11-23-55(47)69/h2-36H,1H3. The summed E-state index contributed by atoms with van der Waals surface area (Å²) in [6.45, 7) is 1.70. The zero-order valence-electron chi connectivity index (χ0n) is 38.1. The fourth-order valence-electron chi connectivity index (χ4n) is 11.5. The molecule has 0 saturated carbocycles. The van der Waals surface area contributed by atoms with E-state index >= 15 is 13.2 Å². The van der Waals surface area contributed by atoms with Crippen molar-refractivity contribution in [2.75, 3.05) is 0 Å². The topological polar surface area (TPSA) is 43.5 Å². The predicted octanol–water partition coefficient (Wildman–Crippen LogP) is 16.9. The SMILES string of the molecule is Cc1cc(-c2c(-n3c4ccccc4c4cc(-n5c6ccccc6c6ccccc65)ccc43)cc(C#N)cc2-n2c3ccccc3c3cc(-n4c5ccccc5c5ccccc54)ccc32)cc(C(F)(F)F)c1. The lowest BCUT2D eigenvalue weighted by Gasteiger charge is -2.22. The lowest BCUT2D eigenvalue weighted by molar-refractivity contribution is -0.137. The van der Waals surface area contributed by atoms with Gasteiger partial charge in [0, 0.05) is 60.0 Å². The highest BCUT2D eigenvalue weighted by molar-refractivity contribution is 6.15. The fraction of sp³-hybridized carbons (Fsp3) is 0.0317. The van der Waals surface area contributed by atoms with Gasteiger partial charge in [-0.3, -0.25) is 0 Å². The Morgan fingerprint density at radius 2 is 0.704 bits per heavy atom. The molecule has 0 spiro atoms. The van der Waals surface area contributed by atoms with Crippen LogP contribution in [0.3, 0.4) is 0 Å². The molecule has 0 atom stereocenters. The molecule has 0 fully saturated rings. The van der Waals surface area contributed by atoms with Gasteiger partial charge >= 0.3 is 6.18 Å². The van der Waals surface area contributed by atoms with E-state index in [1.54, 1.807) is 6.92 Å². The summed E-state index contributed by atoms with van der Waals surface area (Å²) in [5, 5.41) is 19.5. The molecule has 10 aromatic carbocycles. The zero-order chi connectivity index (χ0) is 47.7. The number of fused-ring (bicyclic) bond motifs is 12. The van der Waals surface area contributed by atoms with Crippen LogP contribution in [0.1, 0.15) is 16.7 Å². The van der Waals surface area contributed by atoms with Crippen LogP contribution in [-0.4, -0.2) is 18.3 Å². The Morgan fingerprint density at radius 3 is 1.07 bits per heavy atom. The van der Waals surface area contributed by atoms with E-state index in [9.17, 15) is 5.26 Å². The first kappa shape index (κ1) is 40.7. The van der Waals surface area contributed by atoms with Crippen molar-refractivity contribution >= 4 is 87.2 Å². The van der Waals surface area contributed by atoms with Crippen LogP contribution in [0.15, 0.2) is 212 Å². The molecule has 0 amide bonds. The number of nitrogens with zero attached hydrogens (tertiary/aromatic N) is 5. The highest BCUT2D eigenvalue weighted by Gasteiger charge is 2.32. The van der Waals surface area contributed by atoms with E-state index in [4.69, 9.17) is 0 Å². The van der Waals surface area contributed by atoms with Gasteiger partial charge in [-0.15, -0.1) is 0 Å². The second kappa shape index (κ2) is 15.1. The van der Waals surface area contributed by atoms with E-state index in [1.807, 2.05) is 54.6 Å². The number of aryl methyl sites for hydroxylation is 1. The van der Waals surface area contributed by atoms with Crippen molar-refractivity contribution in [1.82, 2.24) is 18.3 Å². The Kier molecular flexibility index (Phi) is 8.65. The van der Waals surface area contributed by atoms with Gasteiger partial charge in [0.2, 0.25) is 0 Å². The van der Waals surface area contributed by atoms with Gasteiger partial charge in [0.1, 0.15) is 0 Å². The van der Waals surface area contributed by atoms with Crippen molar-refractivity contribution < 1.29 is 13.2 Å². The molecule has 0 aliphatic heterocycles. The number of benzene rings is 10. The largest absolute Gasteiger partial charge is 0.416 e. The summed E-state index contributed by atoms with van der Waals surface area (Å²) in [5.41, 5.74) is 11.9. The Hall–Kier alpha value is -9.32. The van der Waals surface area contributed by atoms with Crippen molar-refractivity contribution in [2.24, 2.45) is 0 Å². The first-order chi connectivity index (χ1) is 34.7. The van der Waals surface area contributed by atoms with Gasteiger partial charge in [0.25, 0.3) is 0 Å². The van der Waals surface area contributed by atoms with Gasteiger partial charge < -0.3 is 18.3 Å². The van der Waals surface area contributed by atoms with Gasteiger partial charge in [-0.05, 0) is 115 Å². The number of halogens is 3. The number of hydrogen-bond acceptors (Lipinski definition) is 1. The van der Waals surface area contributed by atoms with Crippen LogP contribution in [0.5, 0.6) is 0 Å². The summed E-state index contributed by atoms with van der Waals surface area (Å²) in [7, 11) is 0. The second-order valence-electron chi connectivity index (χ2n) is 18.4. The lowest BCUT2D eigenvalue weighted by Crippen LogP contribution is -2.08. The summed E-state index contributed by atoms with van der Waals surface area (Å²) in [5.74, 6) is 0. The average molecular weight is 922 g/mol. The molecule has 0 saturated heterocycles. The number of rotatable bonds is 5. The normalized spacial score (nSPS) is 12.2. The Bertz CT molecular complexity index is 4250. The van der Waals surface area contributed by atoms with Crippen LogP contribution in [0.25, 0.3) is 121 Å². The summed E-state index contributed by atoms with van der Waals surface area (Å²) < 4.78 is 53.8. The van der Waals surface area contributed by atoms with Crippen molar-refractivity contribution in [3.8, 4) is 39.9 Å². The average Bonchev–Trinajstić information content (AvgIpc) is 4.12. The number of aromatic nitrogens is 4. The van der Waals surface area contributed by atoms with E-state index in [0.29, 0.717) is 33.6 Å². The molecule has 0 N–H and O–H groups in total. The first-order valence-electron chi connectivity index (χ1n) is 23.6. The summed E-state index contributed by atoms with van der Waals surface area (Å²) in [6, 6.07) is 73.1. The molecule has 0 bridgehead atoms.